The summed E-state index contributed by atoms with van der Waals surface area (Å²) in [5, 5.41) is 23.7. The third-order valence-electron chi connectivity index (χ3n) is 4.98. The number of methoxy groups -OCH3 is 1. The molecule has 3 heterocycles. The summed E-state index contributed by atoms with van der Waals surface area (Å²) < 4.78 is 8.63. The summed E-state index contributed by atoms with van der Waals surface area (Å²) in [5.41, 5.74) is 3.65. The average Bonchev–Trinajstić information content (AvgIpc) is 3.33. The van der Waals surface area contributed by atoms with Gasteiger partial charge < -0.3 is 14.9 Å². The van der Waals surface area contributed by atoms with E-state index in [4.69, 9.17) is 4.74 Å². The van der Waals surface area contributed by atoms with Crippen molar-refractivity contribution in [3.05, 3.63) is 48.4 Å². The van der Waals surface area contributed by atoms with Crippen LogP contribution in [-0.4, -0.2) is 54.3 Å². The Kier molecular flexibility index (Phi) is 5.20. The Balaban J connectivity index is 1.85. The molecule has 0 aliphatic carbocycles. The fourth-order valence-electron chi connectivity index (χ4n) is 3.44. The van der Waals surface area contributed by atoms with Gasteiger partial charge in [0.05, 0.1) is 19.9 Å². The van der Waals surface area contributed by atoms with Crippen molar-refractivity contribution in [1.82, 2.24) is 24.3 Å². The van der Waals surface area contributed by atoms with Gasteiger partial charge in [-0.05, 0) is 30.7 Å². The van der Waals surface area contributed by atoms with Crippen LogP contribution >= 0.6 is 0 Å². The maximum atomic E-state index is 11.8. The Bertz CT molecular complexity index is 1260. The number of carbonyl (C=O) groups is 1. The lowest BCUT2D eigenvalue weighted by Crippen LogP contribution is -2.31. The van der Waals surface area contributed by atoms with E-state index in [-0.39, 0.29) is 18.2 Å². The first-order valence-corrected chi connectivity index (χ1v) is 9.63. The van der Waals surface area contributed by atoms with Gasteiger partial charge in [-0.1, -0.05) is 6.07 Å². The molecule has 0 unspecified atom stereocenters. The van der Waals surface area contributed by atoms with Crippen LogP contribution in [0.3, 0.4) is 0 Å². The lowest BCUT2D eigenvalue weighted by molar-refractivity contribution is 0.201. The molecule has 0 bridgehead atoms. The van der Waals surface area contributed by atoms with Crippen LogP contribution < -0.4 is 9.64 Å². The number of rotatable bonds is 6. The number of hydrogen-bond acceptors (Lipinski definition) is 6. The lowest BCUT2D eigenvalue weighted by atomic mass is 10.1. The van der Waals surface area contributed by atoms with E-state index in [1.165, 1.54) is 18.1 Å². The van der Waals surface area contributed by atoms with Crippen molar-refractivity contribution in [3.63, 3.8) is 0 Å². The van der Waals surface area contributed by atoms with Crippen LogP contribution in [0.5, 0.6) is 11.5 Å². The highest BCUT2D eigenvalue weighted by Gasteiger charge is 2.22. The van der Waals surface area contributed by atoms with Crippen LogP contribution in [0.1, 0.15) is 12.5 Å². The largest absolute Gasteiger partial charge is 0.504 e. The number of ether oxygens (including phenoxy) is 1. The van der Waals surface area contributed by atoms with E-state index in [2.05, 4.69) is 15.1 Å². The van der Waals surface area contributed by atoms with Crippen LogP contribution in [0.4, 0.5) is 10.7 Å². The van der Waals surface area contributed by atoms with Gasteiger partial charge in [-0.2, -0.15) is 5.10 Å². The van der Waals surface area contributed by atoms with Gasteiger partial charge in [-0.25, -0.2) is 19.7 Å². The third kappa shape index (κ3) is 3.75. The van der Waals surface area contributed by atoms with E-state index in [0.29, 0.717) is 23.5 Å². The molecular weight excluding hydrogens is 400 g/mol. The van der Waals surface area contributed by atoms with E-state index in [1.807, 2.05) is 19.3 Å². The average molecular weight is 422 g/mol. The van der Waals surface area contributed by atoms with Crippen LogP contribution in [0, 0.1) is 0 Å². The lowest BCUT2D eigenvalue weighted by Gasteiger charge is -2.18. The first-order chi connectivity index (χ1) is 14.9. The zero-order valence-corrected chi connectivity index (χ0v) is 17.3. The smallest absolute Gasteiger partial charge is 0.414 e. The standard InChI is InChI=1S/C21H22N6O4/c1-4-26(21(29)30)20-24-16-8-14(15-10-23-25(2)12-15)9-22-19(16)27(20)11-13-5-6-17(28)18(7-13)31-3/h5-10,12,28H,4,11H2,1-3H3,(H,29,30). The normalized spacial score (nSPS) is 11.1. The summed E-state index contributed by atoms with van der Waals surface area (Å²) in [6.07, 6.45) is 4.23. The Morgan fingerprint density at radius 2 is 2.03 bits per heavy atom. The van der Waals surface area contributed by atoms with Crippen LogP contribution in [-0.2, 0) is 13.6 Å². The molecule has 10 nitrogen and oxygen atoms in total. The van der Waals surface area contributed by atoms with Gasteiger partial charge in [0, 0.05) is 37.1 Å². The Morgan fingerprint density at radius 1 is 1.23 bits per heavy atom. The van der Waals surface area contributed by atoms with E-state index in [9.17, 15) is 15.0 Å². The number of nitrogens with zero attached hydrogens (tertiary/aromatic N) is 6. The highest BCUT2D eigenvalue weighted by Crippen LogP contribution is 2.30. The summed E-state index contributed by atoms with van der Waals surface area (Å²) in [6.45, 7) is 2.27. The molecule has 10 heteroatoms. The van der Waals surface area contributed by atoms with Gasteiger partial charge in [0.2, 0.25) is 5.95 Å². The van der Waals surface area contributed by atoms with Crippen molar-refractivity contribution >= 4 is 23.2 Å². The molecule has 4 aromatic rings. The highest BCUT2D eigenvalue weighted by molar-refractivity contribution is 5.88. The number of phenolic OH excluding ortho intramolecular Hbond substituents is 1. The van der Waals surface area contributed by atoms with Crippen LogP contribution in [0.25, 0.3) is 22.3 Å². The number of aromatic hydroxyl groups is 1. The molecule has 1 aromatic carbocycles. The Morgan fingerprint density at radius 3 is 2.68 bits per heavy atom. The number of aryl methyl sites for hydroxylation is 1. The number of fused-ring (bicyclic) bond motifs is 1. The Labute approximate surface area is 178 Å². The fourth-order valence-corrected chi connectivity index (χ4v) is 3.44. The summed E-state index contributed by atoms with van der Waals surface area (Å²) in [7, 11) is 3.31. The maximum absolute atomic E-state index is 11.8. The monoisotopic (exact) mass is 422 g/mol. The van der Waals surface area contributed by atoms with E-state index >= 15 is 0 Å². The predicted octanol–water partition coefficient (Wildman–Crippen LogP) is 3.10. The summed E-state index contributed by atoms with van der Waals surface area (Å²) in [4.78, 5) is 22.2. The number of anilines is 1. The van der Waals surface area contributed by atoms with Crippen LogP contribution in [0.15, 0.2) is 42.9 Å². The molecule has 0 aliphatic heterocycles. The highest BCUT2D eigenvalue weighted by atomic mass is 16.5. The molecule has 1 amide bonds. The van der Waals surface area contributed by atoms with Gasteiger partial charge in [-0.3, -0.25) is 9.25 Å². The van der Waals surface area contributed by atoms with Crippen molar-refractivity contribution in [1.29, 1.82) is 0 Å². The molecule has 0 aliphatic rings. The number of pyridine rings is 1. The third-order valence-corrected chi connectivity index (χ3v) is 4.98. The van der Waals surface area contributed by atoms with Crippen LogP contribution in [0.2, 0.25) is 0 Å². The van der Waals surface area contributed by atoms with E-state index in [0.717, 1.165) is 16.7 Å². The van der Waals surface area contributed by atoms with E-state index in [1.54, 1.807) is 40.7 Å². The predicted molar refractivity (Wildman–Crippen MR) is 115 cm³/mol. The molecule has 4 rings (SSSR count). The second-order valence-electron chi connectivity index (χ2n) is 7.00. The number of hydrogen-bond donors (Lipinski definition) is 2. The summed E-state index contributed by atoms with van der Waals surface area (Å²) in [5.74, 6) is 0.635. The minimum Gasteiger partial charge on any atom is -0.504 e. The number of carboxylic acid groups (broad SMARTS) is 1. The van der Waals surface area contributed by atoms with Crippen molar-refractivity contribution in [2.45, 2.75) is 13.5 Å². The molecule has 0 spiro atoms. The van der Waals surface area contributed by atoms with Crippen molar-refractivity contribution < 1.29 is 19.7 Å². The van der Waals surface area contributed by atoms with E-state index < -0.39 is 6.09 Å². The zero-order valence-electron chi connectivity index (χ0n) is 17.3. The maximum Gasteiger partial charge on any atom is 0.414 e. The first-order valence-electron chi connectivity index (χ1n) is 9.63. The molecule has 0 fully saturated rings. The summed E-state index contributed by atoms with van der Waals surface area (Å²) >= 11 is 0. The number of amides is 1. The first kappa shape index (κ1) is 20.2. The zero-order chi connectivity index (χ0) is 22.1. The number of aromatic nitrogens is 5. The molecule has 0 saturated carbocycles. The molecule has 0 radical (unpaired) electrons. The number of benzene rings is 1. The summed E-state index contributed by atoms with van der Waals surface area (Å²) in [6, 6.07) is 6.85. The molecular formula is C21H22N6O4. The molecule has 2 N–H and O–H groups in total. The molecule has 0 atom stereocenters. The molecule has 3 aromatic heterocycles. The fraction of sp³-hybridized carbons (Fsp3) is 0.238. The second kappa shape index (κ2) is 7.98. The Hall–Kier alpha value is -4.08. The van der Waals surface area contributed by atoms with Crippen molar-refractivity contribution in [3.8, 4) is 22.6 Å². The van der Waals surface area contributed by atoms with Gasteiger partial charge in [0.1, 0.15) is 5.52 Å². The molecule has 31 heavy (non-hydrogen) atoms. The van der Waals surface area contributed by atoms with Crippen molar-refractivity contribution in [2.24, 2.45) is 7.05 Å². The topological polar surface area (TPSA) is 119 Å². The minimum atomic E-state index is -1.10. The van der Waals surface area contributed by atoms with Gasteiger partial charge in [-0.15, -0.1) is 0 Å². The van der Waals surface area contributed by atoms with Gasteiger partial charge in [0.15, 0.2) is 17.1 Å². The number of phenols is 1. The number of imidazole rings is 1. The van der Waals surface area contributed by atoms with Crippen molar-refractivity contribution in [2.75, 3.05) is 18.6 Å². The molecule has 0 saturated heterocycles. The van der Waals surface area contributed by atoms with Gasteiger partial charge >= 0.3 is 6.09 Å². The second-order valence-corrected chi connectivity index (χ2v) is 7.00. The quantitative estimate of drug-likeness (QED) is 0.490. The van der Waals surface area contributed by atoms with Gasteiger partial charge in [0.25, 0.3) is 0 Å². The SMILES string of the molecule is CCN(C(=O)O)c1nc2cc(-c3cnn(C)c3)cnc2n1Cc1ccc(O)c(OC)c1. The molecule has 160 valence electrons. The minimum absolute atomic E-state index is 0.0296.